The molecular formula is C11H12O2. The van der Waals surface area contributed by atoms with Crippen molar-refractivity contribution in [2.24, 2.45) is 0 Å². The van der Waals surface area contributed by atoms with Gasteiger partial charge in [-0.3, -0.25) is 0 Å². The number of hydrogen-bond acceptors (Lipinski definition) is 2. The van der Waals surface area contributed by atoms with Crippen molar-refractivity contribution in [2.75, 3.05) is 0 Å². The van der Waals surface area contributed by atoms with Crippen molar-refractivity contribution in [3.63, 3.8) is 0 Å². The summed E-state index contributed by atoms with van der Waals surface area (Å²) in [5.41, 5.74) is 1.25. The second kappa shape index (κ2) is 3.60. The number of carbonyl (C=O) groups excluding carboxylic acids is 1. The maximum absolute atomic E-state index is 10.3. The molecule has 0 unspecified atom stereocenters. The third kappa shape index (κ3) is 1.72. The van der Waals surface area contributed by atoms with Gasteiger partial charge in [-0.25, -0.2) is 0 Å². The van der Waals surface area contributed by atoms with Crippen molar-refractivity contribution in [3.05, 3.63) is 29.8 Å². The number of hydrogen-bond donors (Lipinski definition) is 0. The maximum Gasteiger partial charge on any atom is 0.123 e. The second-order valence-electron chi connectivity index (χ2n) is 3.29. The van der Waals surface area contributed by atoms with E-state index in [0.717, 1.165) is 24.9 Å². The standard InChI is InChI=1S/C11H12O2/c12-8-7-10-6-5-9-3-1-2-4-11(9)13-10/h1-4,8,10H,5-7H2/t10-/m1/s1. The molecule has 1 aliphatic rings. The molecule has 0 N–H and O–H groups in total. The molecule has 1 aliphatic heterocycles. The number of para-hydroxylation sites is 1. The van der Waals surface area contributed by atoms with Gasteiger partial charge in [0.25, 0.3) is 0 Å². The van der Waals surface area contributed by atoms with Crippen LogP contribution in [0.1, 0.15) is 18.4 Å². The molecule has 0 saturated carbocycles. The highest BCUT2D eigenvalue weighted by Gasteiger charge is 2.18. The highest BCUT2D eigenvalue weighted by molar-refractivity contribution is 5.50. The molecule has 68 valence electrons. The molecule has 1 atom stereocenters. The van der Waals surface area contributed by atoms with Gasteiger partial charge in [0, 0.05) is 6.42 Å². The van der Waals surface area contributed by atoms with E-state index in [4.69, 9.17) is 4.74 Å². The van der Waals surface area contributed by atoms with Gasteiger partial charge >= 0.3 is 0 Å². The zero-order valence-corrected chi connectivity index (χ0v) is 7.40. The number of carbonyl (C=O) groups is 1. The topological polar surface area (TPSA) is 26.3 Å². The lowest BCUT2D eigenvalue weighted by Crippen LogP contribution is -2.22. The van der Waals surface area contributed by atoms with E-state index in [1.54, 1.807) is 0 Å². The van der Waals surface area contributed by atoms with Crippen LogP contribution in [0, 0.1) is 0 Å². The predicted octanol–water partition coefficient (Wildman–Crippen LogP) is 1.97. The SMILES string of the molecule is O=CC[C@H]1CCc2ccccc2O1. The Labute approximate surface area is 77.5 Å². The van der Waals surface area contributed by atoms with Crippen molar-refractivity contribution < 1.29 is 9.53 Å². The summed E-state index contributed by atoms with van der Waals surface area (Å²) in [6.45, 7) is 0. The summed E-state index contributed by atoms with van der Waals surface area (Å²) in [4.78, 5) is 10.3. The molecule has 0 fully saturated rings. The van der Waals surface area contributed by atoms with Gasteiger partial charge in [0.1, 0.15) is 18.1 Å². The van der Waals surface area contributed by atoms with E-state index in [0.29, 0.717) is 6.42 Å². The van der Waals surface area contributed by atoms with Crippen LogP contribution in [0.15, 0.2) is 24.3 Å². The van der Waals surface area contributed by atoms with E-state index in [1.165, 1.54) is 5.56 Å². The Kier molecular flexibility index (Phi) is 2.30. The predicted molar refractivity (Wildman–Crippen MR) is 49.9 cm³/mol. The lowest BCUT2D eigenvalue weighted by molar-refractivity contribution is -0.109. The molecule has 0 bridgehead atoms. The third-order valence-electron chi connectivity index (χ3n) is 2.36. The van der Waals surface area contributed by atoms with Crippen LogP contribution in [0.4, 0.5) is 0 Å². The van der Waals surface area contributed by atoms with E-state index in [2.05, 4.69) is 6.07 Å². The lowest BCUT2D eigenvalue weighted by atomic mass is 10.0. The second-order valence-corrected chi connectivity index (χ2v) is 3.29. The van der Waals surface area contributed by atoms with Crippen molar-refractivity contribution >= 4 is 6.29 Å². The first-order valence-corrected chi connectivity index (χ1v) is 4.58. The van der Waals surface area contributed by atoms with Crippen LogP contribution in [0.25, 0.3) is 0 Å². The lowest BCUT2D eigenvalue weighted by Gasteiger charge is -2.24. The highest BCUT2D eigenvalue weighted by Crippen LogP contribution is 2.27. The summed E-state index contributed by atoms with van der Waals surface area (Å²) in [7, 11) is 0. The van der Waals surface area contributed by atoms with Gasteiger partial charge in [-0.1, -0.05) is 18.2 Å². The fourth-order valence-corrected chi connectivity index (χ4v) is 1.65. The zero-order valence-electron chi connectivity index (χ0n) is 7.40. The molecule has 1 aromatic carbocycles. The molecule has 1 aromatic rings. The van der Waals surface area contributed by atoms with Gasteiger partial charge in [0.2, 0.25) is 0 Å². The number of ether oxygens (including phenoxy) is 1. The Balaban J connectivity index is 2.15. The van der Waals surface area contributed by atoms with Crippen LogP contribution in [0.5, 0.6) is 5.75 Å². The molecular weight excluding hydrogens is 164 g/mol. The Morgan fingerprint density at radius 2 is 2.31 bits per heavy atom. The van der Waals surface area contributed by atoms with E-state index in [1.807, 2.05) is 18.2 Å². The number of aryl methyl sites for hydroxylation is 1. The van der Waals surface area contributed by atoms with Crippen molar-refractivity contribution in [2.45, 2.75) is 25.4 Å². The fraction of sp³-hybridized carbons (Fsp3) is 0.364. The highest BCUT2D eigenvalue weighted by atomic mass is 16.5. The van der Waals surface area contributed by atoms with Crippen LogP contribution >= 0.6 is 0 Å². The molecule has 0 aliphatic carbocycles. The summed E-state index contributed by atoms with van der Waals surface area (Å²) in [6, 6.07) is 8.02. The van der Waals surface area contributed by atoms with Gasteiger partial charge in [0.05, 0.1) is 0 Å². The van der Waals surface area contributed by atoms with E-state index < -0.39 is 0 Å². The fourth-order valence-electron chi connectivity index (χ4n) is 1.65. The van der Waals surface area contributed by atoms with E-state index in [9.17, 15) is 4.79 Å². The van der Waals surface area contributed by atoms with Crippen molar-refractivity contribution in [1.82, 2.24) is 0 Å². The zero-order chi connectivity index (χ0) is 9.10. The molecule has 0 radical (unpaired) electrons. The third-order valence-corrected chi connectivity index (χ3v) is 2.36. The first-order chi connectivity index (χ1) is 6.40. The van der Waals surface area contributed by atoms with Crippen molar-refractivity contribution in [3.8, 4) is 5.75 Å². The van der Waals surface area contributed by atoms with E-state index >= 15 is 0 Å². The van der Waals surface area contributed by atoms with Gasteiger partial charge < -0.3 is 9.53 Å². The quantitative estimate of drug-likeness (QED) is 0.644. The van der Waals surface area contributed by atoms with Gasteiger partial charge in [-0.2, -0.15) is 0 Å². The Bertz CT molecular complexity index is 307. The molecule has 13 heavy (non-hydrogen) atoms. The van der Waals surface area contributed by atoms with Crippen molar-refractivity contribution in [1.29, 1.82) is 0 Å². The summed E-state index contributed by atoms with van der Waals surface area (Å²) in [5.74, 6) is 0.945. The Hall–Kier alpha value is -1.31. The monoisotopic (exact) mass is 176 g/mol. The van der Waals surface area contributed by atoms with Crippen LogP contribution in [-0.4, -0.2) is 12.4 Å². The van der Waals surface area contributed by atoms with Crippen LogP contribution in [0.3, 0.4) is 0 Å². The molecule has 1 heterocycles. The first kappa shape index (κ1) is 8.30. The number of benzene rings is 1. The molecule has 2 heteroatoms. The molecule has 0 spiro atoms. The molecule has 2 rings (SSSR count). The minimum Gasteiger partial charge on any atom is -0.490 e. The van der Waals surface area contributed by atoms with Gasteiger partial charge in [-0.15, -0.1) is 0 Å². The van der Waals surface area contributed by atoms with Crippen LogP contribution in [-0.2, 0) is 11.2 Å². The molecule has 0 aromatic heterocycles. The summed E-state index contributed by atoms with van der Waals surface area (Å²) >= 11 is 0. The minimum atomic E-state index is 0.0902. The number of fused-ring (bicyclic) bond motifs is 1. The molecule has 0 saturated heterocycles. The van der Waals surface area contributed by atoms with Gasteiger partial charge in [-0.05, 0) is 24.5 Å². The van der Waals surface area contributed by atoms with E-state index in [-0.39, 0.29) is 6.10 Å². The normalized spacial score (nSPS) is 20.2. The summed E-state index contributed by atoms with van der Waals surface area (Å²) in [6.07, 6.45) is 3.50. The number of aldehydes is 1. The van der Waals surface area contributed by atoms with Gasteiger partial charge in [0.15, 0.2) is 0 Å². The smallest absolute Gasteiger partial charge is 0.123 e. The molecule has 2 nitrogen and oxygen atoms in total. The summed E-state index contributed by atoms with van der Waals surface area (Å²) < 4.78 is 5.64. The summed E-state index contributed by atoms with van der Waals surface area (Å²) in [5, 5.41) is 0. The first-order valence-electron chi connectivity index (χ1n) is 4.58. The minimum absolute atomic E-state index is 0.0902. The van der Waals surface area contributed by atoms with Crippen LogP contribution in [0.2, 0.25) is 0 Å². The largest absolute Gasteiger partial charge is 0.490 e. The number of rotatable bonds is 2. The average Bonchev–Trinajstić information content (AvgIpc) is 2.18. The Morgan fingerprint density at radius 3 is 3.15 bits per heavy atom. The maximum atomic E-state index is 10.3. The Morgan fingerprint density at radius 1 is 1.46 bits per heavy atom. The molecule has 0 amide bonds. The van der Waals surface area contributed by atoms with Crippen LogP contribution < -0.4 is 4.74 Å². The average molecular weight is 176 g/mol.